The minimum absolute atomic E-state index is 0.125. The van der Waals surface area contributed by atoms with Gasteiger partial charge in [0.1, 0.15) is 11.9 Å². The van der Waals surface area contributed by atoms with E-state index in [1.54, 1.807) is 12.1 Å². The van der Waals surface area contributed by atoms with Crippen molar-refractivity contribution >= 4 is 5.97 Å². The van der Waals surface area contributed by atoms with Gasteiger partial charge in [-0.1, -0.05) is 13.0 Å². The summed E-state index contributed by atoms with van der Waals surface area (Å²) in [5.74, 6) is -4.78. The summed E-state index contributed by atoms with van der Waals surface area (Å²) in [6, 6.07) is 4.64. The van der Waals surface area contributed by atoms with Gasteiger partial charge >= 0.3 is 11.9 Å². The fourth-order valence-corrected chi connectivity index (χ4v) is 2.05. The fourth-order valence-electron chi connectivity index (χ4n) is 2.05. The van der Waals surface area contributed by atoms with Crippen LogP contribution in [-0.4, -0.2) is 17.0 Å². The Kier molecular flexibility index (Phi) is 3.24. The molecule has 0 saturated carbocycles. The van der Waals surface area contributed by atoms with Gasteiger partial charge < -0.3 is 9.84 Å². The Balaban J connectivity index is 2.13. The molecule has 2 rings (SSSR count). The molecule has 1 aromatic carbocycles. The molecule has 18 heavy (non-hydrogen) atoms. The van der Waals surface area contributed by atoms with Crippen molar-refractivity contribution in [2.24, 2.45) is 0 Å². The number of hydrogen-bond acceptors (Lipinski definition) is 3. The number of ether oxygens (including phenoxy) is 1. The molecule has 98 valence electrons. The van der Waals surface area contributed by atoms with Gasteiger partial charge in [0, 0.05) is 6.42 Å². The molecule has 3 nitrogen and oxygen atoms in total. The molecule has 1 aliphatic rings. The molecule has 1 unspecified atom stereocenters. The number of halogens is 2. The lowest BCUT2D eigenvalue weighted by atomic mass is 10.1. The highest BCUT2D eigenvalue weighted by molar-refractivity contribution is 5.77. The third-order valence-corrected chi connectivity index (χ3v) is 3.14. The first-order valence-corrected chi connectivity index (χ1v) is 5.84. The van der Waals surface area contributed by atoms with Crippen LogP contribution in [0.15, 0.2) is 18.2 Å². The van der Waals surface area contributed by atoms with E-state index in [0.29, 0.717) is 18.4 Å². The lowest BCUT2D eigenvalue weighted by Crippen LogP contribution is -2.30. The number of phenols is 1. The van der Waals surface area contributed by atoms with Gasteiger partial charge in [0.25, 0.3) is 0 Å². The van der Waals surface area contributed by atoms with Gasteiger partial charge in [-0.25, -0.2) is 4.79 Å². The van der Waals surface area contributed by atoms with E-state index < -0.39 is 24.4 Å². The molecule has 1 N–H and O–H groups in total. The van der Waals surface area contributed by atoms with Crippen LogP contribution in [0.3, 0.4) is 0 Å². The number of phenolic OH excluding ortho intramolecular Hbond substituents is 1. The van der Waals surface area contributed by atoms with Crippen molar-refractivity contribution in [1.82, 2.24) is 0 Å². The maximum atomic E-state index is 13.1. The van der Waals surface area contributed by atoms with E-state index in [1.165, 1.54) is 13.0 Å². The van der Waals surface area contributed by atoms with Crippen LogP contribution in [-0.2, 0) is 16.0 Å². The van der Waals surface area contributed by atoms with Gasteiger partial charge in [-0.05, 0) is 36.1 Å². The molecule has 1 aliphatic carbocycles. The van der Waals surface area contributed by atoms with Gasteiger partial charge in [0.15, 0.2) is 0 Å². The monoisotopic (exact) mass is 256 g/mol. The SMILES string of the molecule is CCC(F)(F)C(=O)OC1CCc2cc(O)ccc21. The van der Waals surface area contributed by atoms with Gasteiger partial charge in [0.05, 0.1) is 0 Å². The Morgan fingerprint density at radius 1 is 1.56 bits per heavy atom. The highest BCUT2D eigenvalue weighted by Gasteiger charge is 2.41. The van der Waals surface area contributed by atoms with Crippen LogP contribution in [0, 0.1) is 0 Å². The summed E-state index contributed by atoms with van der Waals surface area (Å²) in [6.07, 6.45) is -0.115. The number of rotatable bonds is 3. The largest absolute Gasteiger partial charge is 0.508 e. The van der Waals surface area contributed by atoms with Gasteiger partial charge in [-0.3, -0.25) is 0 Å². The second-order valence-electron chi connectivity index (χ2n) is 4.37. The predicted octanol–water partition coefficient (Wildman–Crippen LogP) is 2.97. The minimum Gasteiger partial charge on any atom is -0.508 e. The number of alkyl halides is 2. The van der Waals surface area contributed by atoms with E-state index in [2.05, 4.69) is 0 Å². The van der Waals surface area contributed by atoms with E-state index in [1.807, 2.05) is 0 Å². The molecule has 5 heteroatoms. The molecule has 0 saturated heterocycles. The number of carbonyl (C=O) groups is 1. The minimum atomic E-state index is -3.43. The van der Waals surface area contributed by atoms with Crippen LogP contribution in [0.1, 0.15) is 37.0 Å². The van der Waals surface area contributed by atoms with E-state index >= 15 is 0 Å². The molecule has 1 atom stereocenters. The molecule has 0 bridgehead atoms. The Morgan fingerprint density at radius 2 is 2.28 bits per heavy atom. The second kappa shape index (κ2) is 4.55. The normalized spacial score (nSPS) is 18.5. The summed E-state index contributed by atoms with van der Waals surface area (Å²) >= 11 is 0. The van der Waals surface area contributed by atoms with Crippen LogP contribution in [0.2, 0.25) is 0 Å². The fraction of sp³-hybridized carbons (Fsp3) is 0.462. The van der Waals surface area contributed by atoms with Crippen molar-refractivity contribution < 1.29 is 23.4 Å². The summed E-state index contributed by atoms with van der Waals surface area (Å²) in [7, 11) is 0. The standard InChI is InChI=1S/C13H14F2O3/c1-2-13(14,15)12(17)18-11-6-3-8-7-9(16)4-5-10(8)11/h4-5,7,11,16H,2-3,6H2,1H3. The number of carbonyl (C=O) groups excluding carboxylic acids is 1. The van der Waals surface area contributed by atoms with Crippen LogP contribution in [0.4, 0.5) is 8.78 Å². The number of aromatic hydroxyl groups is 1. The Labute approximate surface area is 103 Å². The van der Waals surface area contributed by atoms with Crippen LogP contribution in [0.5, 0.6) is 5.75 Å². The van der Waals surface area contributed by atoms with E-state index in [4.69, 9.17) is 4.74 Å². The van der Waals surface area contributed by atoms with E-state index in [0.717, 1.165) is 5.56 Å². The zero-order valence-electron chi connectivity index (χ0n) is 9.95. The zero-order valence-corrected chi connectivity index (χ0v) is 9.95. The first kappa shape index (κ1) is 12.8. The van der Waals surface area contributed by atoms with Crippen LogP contribution >= 0.6 is 0 Å². The zero-order chi connectivity index (χ0) is 13.3. The van der Waals surface area contributed by atoms with Gasteiger partial charge in [-0.15, -0.1) is 0 Å². The molecule has 0 aliphatic heterocycles. The van der Waals surface area contributed by atoms with Crippen molar-refractivity contribution in [1.29, 1.82) is 0 Å². The summed E-state index contributed by atoms with van der Waals surface area (Å²) in [5, 5.41) is 9.30. The topological polar surface area (TPSA) is 46.5 Å². The summed E-state index contributed by atoms with van der Waals surface area (Å²) in [5.41, 5.74) is 1.54. The highest BCUT2D eigenvalue weighted by atomic mass is 19.3. The van der Waals surface area contributed by atoms with Crippen LogP contribution in [0.25, 0.3) is 0 Å². The Hall–Kier alpha value is -1.65. The Morgan fingerprint density at radius 3 is 2.94 bits per heavy atom. The van der Waals surface area contributed by atoms with E-state index in [9.17, 15) is 18.7 Å². The highest BCUT2D eigenvalue weighted by Crippen LogP contribution is 2.37. The number of benzene rings is 1. The average molecular weight is 256 g/mol. The van der Waals surface area contributed by atoms with E-state index in [-0.39, 0.29) is 5.75 Å². The van der Waals surface area contributed by atoms with Crippen molar-refractivity contribution in [3.63, 3.8) is 0 Å². The molecule has 0 fully saturated rings. The molecule has 0 aromatic heterocycles. The first-order valence-electron chi connectivity index (χ1n) is 5.84. The summed E-state index contributed by atoms with van der Waals surface area (Å²) in [4.78, 5) is 11.3. The molecular weight excluding hydrogens is 242 g/mol. The summed E-state index contributed by atoms with van der Waals surface area (Å²) < 4.78 is 31.1. The lowest BCUT2D eigenvalue weighted by molar-refractivity contribution is -0.178. The maximum Gasteiger partial charge on any atom is 0.377 e. The maximum absolute atomic E-state index is 13.1. The summed E-state index contributed by atoms with van der Waals surface area (Å²) in [6.45, 7) is 1.24. The van der Waals surface area contributed by atoms with Crippen molar-refractivity contribution in [2.45, 2.75) is 38.2 Å². The van der Waals surface area contributed by atoms with Crippen LogP contribution < -0.4 is 0 Å². The smallest absolute Gasteiger partial charge is 0.377 e. The average Bonchev–Trinajstić information content (AvgIpc) is 2.71. The molecule has 0 radical (unpaired) electrons. The number of fused-ring (bicyclic) bond motifs is 1. The molecule has 1 aromatic rings. The molecule has 0 spiro atoms. The quantitative estimate of drug-likeness (QED) is 0.846. The van der Waals surface area contributed by atoms with Crippen molar-refractivity contribution in [2.75, 3.05) is 0 Å². The van der Waals surface area contributed by atoms with Gasteiger partial charge in [0.2, 0.25) is 0 Å². The molecular formula is C13H14F2O3. The first-order chi connectivity index (χ1) is 8.44. The number of esters is 1. The van der Waals surface area contributed by atoms with Crippen molar-refractivity contribution in [3.8, 4) is 5.75 Å². The predicted molar refractivity (Wildman–Crippen MR) is 60.5 cm³/mol. The Bertz CT molecular complexity index is 471. The second-order valence-corrected chi connectivity index (χ2v) is 4.37. The molecule has 0 amide bonds. The van der Waals surface area contributed by atoms with Gasteiger partial charge in [-0.2, -0.15) is 8.78 Å². The molecule has 0 heterocycles. The third kappa shape index (κ3) is 2.30. The number of aryl methyl sites for hydroxylation is 1. The lowest BCUT2D eigenvalue weighted by Gasteiger charge is -2.18. The third-order valence-electron chi connectivity index (χ3n) is 3.14. The van der Waals surface area contributed by atoms with Crippen molar-refractivity contribution in [3.05, 3.63) is 29.3 Å². The number of hydrogen-bond donors (Lipinski definition) is 1.